The van der Waals surface area contributed by atoms with E-state index in [1.54, 1.807) is 31.2 Å². The second kappa shape index (κ2) is 7.65. The molecule has 0 aliphatic rings. The lowest BCUT2D eigenvalue weighted by Crippen LogP contribution is -2.45. The number of rotatable bonds is 6. The monoisotopic (exact) mass is 362 g/mol. The van der Waals surface area contributed by atoms with Crippen molar-refractivity contribution in [2.75, 3.05) is 7.11 Å². The zero-order valence-corrected chi connectivity index (χ0v) is 15.5. The number of methoxy groups -OCH3 is 1. The maximum atomic E-state index is 13.1. The van der Waals surface area contributed by atoms with Gasteiger partial charge in [-0.3, -0.25) is 4.79 Å². The molecule has 0 radical (unpaired) electrons. The van der Waals surface area contributed by atoms with Crippen molar-refractivity contribution >= 4 is 15.9 Å². The summed E-state index contributed by atoms with van der Waals surface area (Å²) in [6.07, 6.45) is 1.48. The highest BCUT2D eigenvalue weighted by Gasteiger charge is 2.36. The molecular formula is C18H22N2O4S. The number of sulfonamides is 1. The van der Waals surface area contributed by atoms with Crippen LogP contribution in [0.25, 0.3) is 0 Å². The summed E-state index contributed by atoms with van der Waals surface area (Å²) in [7, 11) is -2.63. The number of hydrogen-bond acceptors (Lipinski definition) is 5. The van der Waals surface area contributed by atoms with E-state index >= 15 is 0 Å². The van der Waals surface area contributed by atoms with Gasteiger partial charge in [-0.2, -0.15) is 0 Å². The van der Waals surface area contributed by atoms with E-state index in [4.69, 9.17) is 4.74 Å². The predicted molar refractivity (Wildman–Crippen MR) is 94.9 cm³/mol. The minimum Gasteiger partial charge on any atom is -0.480 e. The highest BCUT2D eigenvalue weighted by Crippen LogP contribution is 2.26. The van der Waals surface area contributed by atoms with Crippen LogP contribution in [-0.2, 0) is 10.0 Å². The highest BCUT2D eigenvalue weighted by atomic mass is 32.2. The van der Waals surface area contributed by atoms with Crippen molar-refractivity contribution in [1.82, 2.24) is 9.29 Å². The van der Waals surface area contributed by atoms with E-state index < -0.39 is 22.0 Å². The molecule has 0 saturated carbocycles. The van der Waals surface area contributed by atoms with Crippen LogP contribution in [0, 0.1) is 5.92 Å². The third kappa shape index (κ3) is 3.82. The van der Waals surface area contributed by atoms with Crippen molar-refractivity contribution in [1.29, 1.82) is 0 Å². The summed E-state index contributed by atoms with van der Waals surface area (Å²) >= 11 is 0. The third-order valence-electron chi connectivity index (χ3n) is 4.03. The summed E-state index contributed by atoms with van der Waals surface area (Å²) in [6.45, 7) is 5.45. The summed E-state index contributed by atoms with van der Waals surface area (Å²) in [6, 6.07) is 10.5. The average Bonchev–Trinajstić information content (AvgIpc) is 2.62. The Morgan fingerprint density at radius 1 is 1.08 bits per heavy atom. The number of benzene rings is 1. The van der Waals surface area contributed by atoms with Gasteiger partial charge in [-0.05, 0) is 37.1 Å². The number of ether oxygens (including phenoxy) is 1. The molecule has 0 fully saturated rings. The molecule has 0 N–H and O–H groups in total. The first-order valence-corrected chi connectivity index (χ1v) is 9.37. The molecule has 0 spiro atoms. The number of hydrogen-bond donors (Lipinski definition) is 0. The van der Waals surface area contributed by atoms with Gasteiger partial charge in [-0.25, -0.2) is 17.7 Å². The van der Waals surface area contributed by atoms with Gasteiger partial charge in [0.25, 0.3) is 15.9 Å². The minimum absolute atomic E-state index is 0.0647. The number of carbonyl (C=O) groups excluding carboxylic acids is 1. The normalized spacial score (nSPS) is 12.7. The third-order valence-corrected chi connectivity index (χ3v) is 5.91. The Morgan fingerprint density at radius 3 is 2.28 bits per heavy atom. The summed E-state index contributed by atoms with van der Waals surface area (Å²) < 4.78 is 32.3. The van der Waals surface area contributed by atoms with Crippen molar-refractivity contribution < 1.29 is 17.9 Å². The Balaban J connectivity index is 2.60. The van der Waals surface area contributed by atoms with Crippen LogP contribution in [0.5, 0.6) is 5.88 Å². The van der Waals surface area contributed by atoms with E-state index in [0.717, 1.165) is 4.31 Å². The lowest BCUT2D eigenvalue weighted by atomic mass is 10.1. The van der Waals surface area contributed by atoms with Crippen molar-refractivity contribution in [3.05, 3.63) is 54.2 Å². The van der Waals surface area contributed by atoms with Crippen LogP contribution in [-0.4, -0.2) is 36.8 Å². The topological polar surface area (TPSA) is 76.6 Å². The van der Waals surface area contributed by atoms with Gasteiger partial charge < -0.3 is 4.74 Å². The summed E-state index contributed by atoms with van der Waals surface area (Å²) in [5.41, 5.74) is 0.108. The maximum Gasteiger partial charge on any atom is 0.273 e. The highest BCUT2D eigenvalue weighted by molar-refractivity contribution is 7.89. The van der Waals surface area contributed by atoms with E-state index in [1.807, 2.05) is 13.8 Å². The second-order valence-electron chi connectivity index (χ2n) is 5.96. The van der Waals surface area contributed by atoms with Crippen LogP contribution in [0.1, 0.15) is 31.1 Å². The second-order valence-corrected chi connectivity index (χ2v) is 7.78. The van der Waals surface area contributed by atoms with Gasteiger partial charge in [0.15, 0.2) is 0 Å². The molecule has 1 aromatic heterocycles. The zero-order valence-electron chi connectivity index (χ0n) is 14.7. The molecule has 0 aliphatic heterocycles. The number of nitrogens with zero attached hydrogens (tertiary/aromatic N) is 2. The van der Waals surface area contributed by atoms with Crippen LogP contribution >= 0.6 is 0 Å². The maximum absolute atomic E-state index is 13.1. The molecular weight excluding hydrogens is 340 g/mol. The smallest absolute Gasteiger partial charge is 0.273 e. The Bertz CT molecular complexity index is 835. The van der Waals surface area contributed by atoms with Gasteiger partial charge in [0.2, 0.25) is 5.88 Å². The summed E-state index contributed by atoms with van der Waals surface area (Å²) in [4.78, 5) is 17.2. The molecule has 134 valence electrons. The molecule has 0 aliphatic carbocycles. The largest absolute Gasteiger partial charge is 0.480 e. The Kier molecular flexibility index (Phi) is 5.79. The van der Waals surface area contributed by atoms with Crippen LogP contribution in [0.3, 0.4) is 0 Å². The first kappa shape index (κ1) is 18.9. The van der Waals surface area contributed by atoms with Gasteiger partial charge in [-0.1, -0.05) is 32.0 Å². The molecule has 1 amide bonds. The van der Waals surface area contributed by atoms with E-state index in [1.165, 1.54) is 31.5 Å². The molecule has 1 aromatic carbocycles. The fourth-order valence-corrected chi connectivity index (χ4v) is 4.05. The van der Waals surface area contributed by atoms with E-state index in [0.29, 0.717) is 0 Å². The molecule has 2 aromatic rings. The number of aromatic nitrogens is 1. The fraction of sp³-hybridized carbons (Fsp3) is 0.333. The van der Waals surface area contributed by atoms with E-state index in [9.17, 15) is 13.2 Å². The molecule has 0 bridgehead atoms. The van der Waals surface area contributed by atoms with Crippen molar-refractivity contribution in [2.24, 2.45) is 5.92 Å². The van der Waals surface area contributed by atoms with E-state index in [2.05, 4.69) is 4.98 Å². The molecule has 1 heterocycles. The lowest BCUT2D eigenvalue weighted by molar-refractivity contribution is 0.0800. The van der Waals surface area contributed by atoms with Crippen LogP contribution in [0.2, 0.25) is 0 Å². The van der Waals surface area contributed by atoms with Crippen molar-refractivity contribution in [3.63, 3.8) is 0 Å². The molecule has 25 heavy (non-hydrogen) atoms. The SMILES string of the molecule is COc1ncccc1C(=O)N(C(C)C(C)C)S(=O)(=O)c1ccccc1. The van der Waals surface area contributed by atoms with Gasteiger partial charge in [-0.15, -0.1) is 0 Å². The molecule has 0 saturated heterocycles. The number of pyridine rings is 1. The lowest BCUT2D eigenvalue weighted by Gasteiger charge is -2.31. The van der Waals surface area contributed by atoms with Crippen molar-refractivity contribution in [3.8, 4) is 5.88 Å². The molecule has 1 atom stereocenters. The number of amides is 1. The van der Waals surface area contributed by atoms with Gasteiger partial charge in [0, 0.05) is 12.2 Å². The van der Waals surface area contributed by atoms with E-state index in [-0.39, 0.29) is 22.3 Å². The van der Waals surface area contributed by atoms with Crippen molar-refractivity contribution in [2.45, 2.75) is 31.7 Å². The molecule has 1 unspecified atom stereocenters. The number of carbonyl (C=O) groups is 1. The fourth-order valence-electron chi connectivity index (χ4n) is 2.32. The Labute approximate surface area is 148 Å². The predicted octanol–water partition coefficient (Wildman–Crippen LogP) is 2.97. The molecule has 6 nitrogen and oxygen atoms in total. The van der Waals surface area contributed by atoms with Gasteiger partial charge in [0.1, 0.15) is 5.56 Å². The van der Waals surface area contributed by atoms with Crippen LogP contribution in [0.15, 0.2) is 53.6 Å². The molecule has 2 rings (SSSR count). The first-order valence-electron chi connectivity index (χ1n) is 7.93. The zero-order chi connectivity index (χ0) is 18.6. The minimum atomic E-state index is -4.02. The summed E-state index contributed by atoms with van der Waals surface area (Å²) in [5.74, 6) is -0.628. The van der Waals surface area contributed by atoms with Crippen LogP contribution < -0.4 is 4.74 Å². The molecule has 7 heteroatoms. The Hall–Kier alpha value is -2.41. The Morgan fingerprint density at radius 2 is 1.72 bits per heavy atom. The van der Waals surface area contributed by atoms with Gasteiger partial charge >= 0.3 is 0 Å². The standard InChI is InChI=1S/C18H22N2O4S/c1-13(2)14(3)20(25(22,23)15-9-6-5-7-10-15)18(21)16-11-8-12-19-17(16)24-4/h5-14H,1-4H3. The van der Waals surface area contributed by atoms with Crippen LogP contribution in [0.4, 0.5) is 0 Å². The van der Waals surface area contributed by atoms with Gasteiger partial charge in [0.05, 0.1) is 12.0 Å². The average molecular weight is 362 g/mol. The first-order chi connectivity index (χ1) is 11.8. The quantitative estimate of drug-likeness (QED) is 0.789. The summed E-state index contributed by atoms with van der Waals surface area (Å²) in [5, 5.41) is 0.